The predicted octanol–water partition coefficient (Wildman–Crippen LogP) is 1.22. The van der Waals surface area contributed by atoms with Crippen molar-refractivity contribution in [3.05, 3.63) is 17.5 Å². The minimum absolute atomic E-state index is 0.127. The van der Waals surface area contributed by atoms with Crippen molar-refractivity contribution in [2.75, 3.05) is 39.3 Å². The summed E-state index contributed by atoms with van der Waals surface area (Å²) in [7, 11) is -3.53. The van der Waals surface area contributed by atoms with Crippen LogP contribution >= 0.6 is 11.3 Å². The molecule has 0 bridgehead atoms. The molecule has 1 aromatic heterocycles. The summed E-state index contributed by atoms with van der Waals surface area (Å²) >= 11 is 1.13. The molecular formula is C15H24F3N5O2S2. The number of hydrogen-bond donors (Lipinski definition) is 3. The number of hydrogen-bond acceptors (Lipinski definition) is 5. The molecular weight excluding hydrogens is 403 g/mol. The van der Waals surface area contributed by atoms with Crippen LogP contribution in [0.3, 0.4) is 0 Å². The van der Waals surface area contributed by atoms with Crippen molar-refractivity contribution in [1.29, 1.82) is 0 Å². The minimum Gasteiger partial charge on any atom is -0.357 e. The molecule has 7 nitrogen and oxygen atoms in total. The molecule has 1 aromatic rings. The number of thiophene rings is 1. The summed E-state index contributed by atoms with van der Waals surface area (Å²) in [6, 6.07) is 3.05. The number of rotatable bonds is 8. The Hall–Kier alpha value is -1.37. The fraction of sp³-hybridized carbons (Fsp3) is 0.667. The van der Waals surface area contributed by atoms with Crippen molar-refractivity contribution in [2.24, 2.45) is 4.99 Å². The number of nitrogens with one attached hydrogen (secondary N) is 3. The van der Waals surface area contributed by atoms with E-state index >= 15 is 0 Å². The summed E-state index contributed by atoms with van der Waals surface area (Å²) in [6.45, 7) is 2.54. The van der Waals surface area contributed by atoms with Gasteiger partial charge in [-0.1, -0.05) is 6.07 Å². The molecule has 0 spiro atoms. The fourth-order valence-electron chi connectivity index (χ4n) is 2.70. The molecule has 2 rings (SSSR count). The maximum Gasteiger partial charge on any atom is 0.401 e. The zero-order valence-electron chi connectivity index (χ0n) is 14.9. The number of guanidine groups is 1. The average molecular weight is 428 g/mol. The molecule has 2 heterocycles. The van der Waals surface area contributed by atoms with E-state index in [9.17, 15) is 21.6 Å². The standard InChI is InChI=1S/C15H24F3N5O2S2/c1-2-19-14(22-12-5-8-23(10-12)11-15(16,17)18)20-6-7-21-27(24,25)13-4-3-9-26-13/h3-4,9,12,21H,2,5-8,10-11H2,1H3,(H2,19,20,22). The van der Waals surface area contributed by atoms with Crippen molar-refractivity contribution < 1.29 is 21.6 Å². The summed E-state index contributed by atoms with van der Waals surface area (Å²) in [6.07, 6.45) is -3.61. The molecule has 1 atom stereocenters. The first-order chi connectivity index (χ1) is 12.7. The molecule has 0 saturated carbocycles. The number of alkyl halides is 3. The topological polar surface area (TPSA) is 85.8 Å². The van der Waals surface area contributed by atoms with Gasteiger partial charge in [0.15, 0.2) is 5.96 Å². The van der Waals surface area contributed by atoms with Crippen molar-refractivity contribution >= 4 is 27.3 Å². The summed E-state index contributed by atoms with van der Waals surface area (Å²) in [5.74, 6) is 0.465. The van der Waals surface area contributed by atoms with E-state index in [1.54, 1.807) is 11.4 Å². The van der Waals surface area contributed by atoms with Gasteiger partial charge < -0.3 is 10.6 Å². The largest absolute Gasteiger partial charge is 0.401 e. The molecule has 1 aliphatic rings. The van der Waals surface area contributed by atoms with Crippen LogP contribution in [0.2, 0.25) is 0 Å². The van der Waals surface area contributed by atoms with Crippen LogP contribution in [-0.4, -0.2) is 70.8 Å². The van der Waals surface area contributed by atoms with Gasteiger partial charge >= 0.3 is 6.18 Å². The molecule has 0 aromatic carbocycles. The van der Waals surface area contributed by atoms with Crippen molar-refractivity contribution in [1.82, 2.24) is 20.3 Å². The van der Waals surface area contributed by atoms with Crippen LogP contribution in [0.5, 0.6) is 0 Å². The smallest absolute Gasteiger partial charge is 0.357 e. The second-order valence-corrected chi connectivity index (χ2v) is 9.01. The minimum atomic E-state index is -4.20. The molecule has 154 valence electrons. The lowest BCUT2D eigenvalue weighted by molar-refractivity contribution is -0.143. The van der Waals surface area contributed by atoms with E-state index in [0.717, 1.165) is 11.3 Å². The van der Waals surface area contributed by atoms with Gasteiger partial charge in [0.25, 0.3) is 0 Å². The Morgan fingerprint density at radius 2 is 2.22 bits per heavy atom. The predicted molar refractivity (Wildman–Crippen MR) is 99.5 cm³/mol. The first-order valence-corrected chi connectivity index (χ1v) is 10.9. The van der Waals surface area contributed by atoms with Gasteiger partial charge in [-0.15, -0.1) is 11.3 Å². The molecule has 1 fully saturated rings. The van der Waals surface area contributed by atoms with Gasteiger partial charge in [0.2, 0.25) is 10.0 Å². The maximum absolute atomic E-state index is 12.5. The highest BCUT2D eigenvalue weighted by Gasteiger charge is 2.34. The van der Waals surface area contributed by atoms with Crippen LogP contribution in [0.4, 0.5) is 13.2 Å². The Morgan fingerprint density at radius 3 is 2.85 bits per heavy atom. The van der Waals surface area contributed by atoms with Crippen molar-refractivity contribution in [3.63, 3.8) is 0 Å². The monoisotopic (exact) mass is 427 g/mol. The number of aliphatic imine (C=N–C) groups is 1. The van der Waals surface area contributed by atoms with Gasteiger partial charge in [-0.25, -0.2) is 13.1 Å². The zero-order valence-corrected chi connectivity index (χ0v) is 16.6. The number of sulfonamides is 1. The number of halogens is 3. The molecule has 27 heavy (non-hydrogen) atoms. The summed E-state index contributed by atoms with van der Waals surface area (Å²) in [4.78, 5) is 5.65. The highest BCUT2D eigenvalue weighted by atomic mass is 32.2. The van der Waals surface area contributed by atoms with Crippen LogP contribution in [0, 0.1) is 0 Å². The molecule has 1 unspecified atom stereocenters. The third-order valence-electron chi connectivity index (χ3n) is 3.79. The molecule has 0 amide bonds. The molecule has 1 aliphatic heterocycles. The zero-order chi connectivity index (χ0) is 19.9. The third-order valence-corrected chi connectivity index (χ3v) is 6.65. The first kappa shape index (κ1) is 21.9. The van der Waals surface area contributed by atoms with E-state index in [1.165, 1.54) is 11.0 Å². The van der Waals surface area contributed by atoms with E-state index < -0.39 is 22.7 Å². The summed E-state index contributed by atoms with van der Waals surface area (Å²) in [5.41, 5.74) is 0. The Morgan fingerprint density at radius 1 is 1.44 bits per heavy atom. The average Bonchev–Trinajstić information content (AvgIpc) is 3.22. The quantitative estimate of drug-likeness (QED) is 0.330. The lowest BCUT2D eigenvalue weighted by atomic mass is 10.3. The second-order valence-electron chi connectivity index (χ2n) is 6.07. The summed E-state index contributed by atoms with van der Waals surface area (Å²) in [5, 5.41) is 7.82. The lowest BCUT2D eigenvalue weighted by Crippen LogP contribution is -2.45. The van der Waals surface area contributed by atoms with Gasteiger partial charge in [0, 0.05) is 32.2 Å². The highest BCUT2D eigenvalue weighted by Crippen LogP contribution is 2.20. The first-order valence-electron chi connectivity index (χ1n) is 8.57. The van der Waals surface area contributed by atoms with Gasteiger partial charge in [-0.3, -0.25) is 9.89 Å². The highest BCUT2D eigenvalue weighted by molar-refractivity contribution is 7.91. The van der Waals surface area contributed by atoms with Crippen LogP contribution < -0.4 is 15.4 Å². The SMILES string of the molecule is CCNC(=NCCNS(=O)(=O)c1cccs1)NC1CCN(CC(F)(F)F)C1. The molecule has 0 aliphatic carbocycles. The molecule has 12 heteroatoms. The maximum atomic E-state index is 12.5. The van der Waals surface area contributed by atoms with E-state index in [0.29, 0.717) is 25.5 Å². The molecule has 3 N–H and O–H groups in total. The summed E-state index contributed by atoms with van der Waals surface area (Å²) < 4.78 is 64.1. The lowest BCUT2D eigenvalue weighted by Gasteiger charge is -2.19. The Balaban J connectivity index is 1.81. The van der Waals surface area contributed by atoms with E-state index in [4.69, 9.17) is 0 Å². The van der Waals surface area contributed by atoms with Gasteiger partial charge in [0.1, 0.15) is 4.21 Å². The van der Waals surface area contributed by atoms with Gasteiger partial charge in [0.05, 0.1) is 13.1 Å². The second kappa shape index (κ2) is 9.71. The Kier molecular flexibility index (Phi) is 7.89. The third kappa shape index (κ3) is 7.64. The van der Waals surface area contributed by atoms with Gasteiger partial charge in [-0.2, -0.15) is 13.2 Å². The molecule has 0 radical (unpaired) electrons. The van der Waals surface area contributed by atoms with Crippen LogP contribution in [0.1, 0.15) is 13.3 Å². The van der Waals surface area contributed by atoms with Crippen LogP contribution in [0.15, 0.2) is 26.7 Å². The van der Waals surface area contributed by atoms with Gasteiger partial charge in [-0.05, 0) is 24.8 Å². The fourth-order valence-corrected chi connectivity index (χ4v) is 4.75. The van der Waals surface area contributed by atoms with Crippen LogP contribution in [0.25, 0.3) is 0 Å². The molecule has 1 saturated heterocycles. The van der Waals surface area contributed by atoms with Crippen molar-refractivity contribution in [2.45, 2.75) is 29.8 Å². The Bertz CT molecular complexity index is 708. The van der Waals surface area contributed by atoms with E-state index in [-0.39, 0.29) is 29.9 Å². The van der Waals surface area contributed by atoms with Crippen molar-refractivity contribution in [3.8, 4) is 0 Å². The van der Waals surface area contributed by atoms with Crippen LogP contribution in [-0.2, 0) is 10.0 Å². The number of nitrogens with zero attached hydrogens (tertiary/aromatic N) is 2. The van der Waals surface area contributed by atoms with E-state index in [1.807, 2.05) is 6.92 Å². The Labute approximate surface area is 161 Å². The normalized spacial score (nSPS) is 19.4. The number of likely N-dealkylation sites (tertiary alicyclic amines) is 1. The van der Waals surface area contributed by atoms with E-state index in [2.05, 4.69) is 20.3 Å².